The van der Waals surface area contributed by atoms with Crippen LogP contribution in [-0.2, 0) is 19.6 Å². The summed E-state index contributed by atoms with van der Waals surface area (Å²) in [4.78, 5) is 26.0. The first kappa shape index (κ1) is 22.4. The van der Waals surface area contributed by atoms with E-state index in [2.05, 4.69) is 15.5 Å². The summed E-state index contributed by atoms with van der Waals surface area (Å²) in [5.41, 5.74) is 1.63. The number of benzene rings is 3. The van der Waals surface area contributed by atoms with Crippen LogP contribution >= 0.6 is 0 Å². The van der Waals surface area contributed by atoms with Crippen LogP contribution in [0.5, 0.6) is 0 Å². The number of hydrogen-bond donors (Lipinski definition) is 2. The van der Waals surface area contributed by atoms with Crippen molar-refractivity contribution < 1.29 is 18.0 Å². The van der Waals surface area contributed by atoms with Gasteiger partial charge < -0.3 is 15.5 Å². The molecule has 2 aliphatic heterocycles. The maximum absolute atomic E-state index is 13.2. The second-order valence-corrected chi connectivity index (χ2v) is 10.5. The van der Waals surface area contributed by atoms with Crippen molar-refractivity contribution in [1.82, 2.24) is 9.62 Å². The van der Waals surface area contributed by atoms with E-state index >= 15 is 0 Å². The topological polar surface area (TPSA) is 98.8 Å². The van der Waals surface area contributed by atoms with Crippen molar-refractivity contribution in [3.05, 3.63) is 66.7 Å². The number of amides is 2. The molecule has 2 saturated heterocycles. The van der Waals surface area contributed by atoms with Gasteiger partial charge in [-0.1, -0.05) is 30.3 Å². The fourth-order valence-electron chi connectivity index (χ4n) is 4.46. The predicted molar refractivity (Wildman–Crippen MR) is 131 cm³/mol. The van der Waals surface area contributed by atoms with E-state index < -0.39 is 16.1 Å². The normalized spacial score (nSPS) is 19.2. The van der Waals surface area contributed by atoms with Crippen LogP contribution in [-0.4, -0.2) is 56.8 Å². The SMILES string of the molecule is O=C1CCC(C(=O)Nc2ccc(N3CCN(S(=O)(=O)c4ccc5ccccc5c4)CC3)cc2)N1. The Balaban J connectivity index is 1.20. The lowest BCUT2D eigenvalue weighted by atomic mass is 10.1. The van der Waals surface area contributed by atoms with Crippen LogP contribution in [0.25, 0.3) is 10.8 Å². The molecule has 0 aromatic heterocycles. The molecule has 9 heteroatoms. The molecule has 8 nitrogen and oxygen atoms in total. The Hall–Kier alpha value is -3.43. The van der Waals surface area contributed by atoms with Crippen molar-refractivity contribution >= 4 is 44.0 Å². The molecule has 1 atom stereocenters. The number of carbonyl (C=O) groups excluding carboxylic acids is 2. The number of hydrogen-bond acceptors (Lipinski definition) is 5. The Morgan fingerprint density at radius 3 is 2.29 bits per heavy atom. The van der Waals surface area contributed by atoms with Crippen LogP contribution in [0.1, 0.15) is 12.8 Å². The van der Waals surface area contributed by atoms with Gasteiger partial charge in [0.25, 0.3) is 0 Å². The van der Waals surface area contributed by atoms with Crippen molar-refractivity contribution in [1.29, 1.82) is 0 Å². The highest BCUT2D eigenvalue weighted by atomic mass is 32.2. The minimum atomic E-state index is -3.56. The van der Waals surface area contributed by atoms with E-state index in [1.165, 1.54) is 4.31 Å². The molecular formula is C25H26N4O4S. The van der Waals surface area contributed by atoms with E-state index in [1.807, 2.05) is 54.6 Å². The first-order valence-electron chi connectivity index (χ1n) is 11.3. The molecule has 2 N–H and O–H groups in total. The molecule has 2 heterocycles. The number of rotatable bonds is 5. The van der Waals surface area contributed by atoms with Crippen molar-refractivity contribution in [3.63, 3.8) is 0 Å². The van der Waals surface area contributed by atoms with Gasteiger partial charge in [0.15, 0.2) is 0 Å². The van der Waals surface area contributed by atoms with Gasteiger partial charge in [0, 0.05) is 44.0 Å². The Kier molecular flexibility index (Phi) is 5.97. The molecule has 2 amide bonds. The van der Waals surface area contributed by atoms with Crippen molar-refractivity contribution in [2.75, 3.05) is 36.4 Å². The van der Waals surface area contributed by atoms with E-state index in [9.17, 15) is 18.0 Å². The van der Waals surface area contributed by atoms with Crippen LogP contribution < -0.4 is 15.5 Å². The molecule has 5 rings (SSSR count). The highest BCUT2D eigenvalue weighted by Gasteiger charge is 2.29. The van der Waals surface area contributed by atoms with Crippen molar-refractivity contribution in [2.45, 2.75) is 23.8 Å². The molecule has 0 radical (unpaired) electrons. The van der Waals surface area contributed by atoms with E-state index in [-0.39, 0.29) is 11.8 Å². The molecule has 34 heavy (non-hydrogen) atoms. The van der Waals surface area contributed by atoms with Gasteiger partial charge in [-0.15, -0.1) is 0 Å². The minimum Gasteiger partial charge on any atom is -0.369 e. The van der Waals surface area contributed by atoms with E-state index in [0.717, 1.165) is 16.5 Å². The molecule has 2 aliphatic rings. The maximum Gasteiger partial charge on any atom is 0.246 e. The number of sulfonamides is 1. The number of nitrogens with zero attached hydrogens (tertiary/aromatic N) is 2. The zero-order chi connectivity index (χ0) is 23.7. The Labute approximate surface area is 198 Å². The average molecular weight is 479 g/mol. The fourth-order valence-corrected chi connectivity index (χ4v) is 5.92. The molecule has 1 unspecified atom stereocenters. The molecule has 3 aromatic carbocycles. The smallest absolute Gasteiger partial charge is 0.246 e. The number of anilines is 2. The van der Waals surface area contributed by atoms with Gasteiger partial charge in [-0.05, 0) is 53.6 Å². The molecule has 0 bridgehead atoms. The van der Waals surface area contributed by atoms with Crippen LogP contribution in [0.2, 0.25) is 0 Å². The molecule has 0 aliphatic carbocycles. The van der Waals surface area contributed by atoms with E-state index in [0.29, 0.717) is 49.6 Å². The lowest BCUT2D eigenvalue weighted by Crippen LogP contribution is -2.48. The van der Waals surface area contributed by atoms with Crippen LogP contribution in [0.4, 0.5) is 11.4 Å². The molecular weight excluding hydrogens is 452 g/mol. The van der Waals surface area contributed by atoms with Crippen molar-refractivity contribution in [3.8, 4) is 0 Å². The molecule has 3 aromatic rings. The molecule has 0 saturated carbocycles. The molecule has 176 valence electrons. The van der Waals surface area contributed by atoms with Gasteiger partial charge in [-0.2, -0.15) is 4.31 Å². The van der Waals surface area contributed by atoms with Crippen LogP contribution in [0.15, 0.2) is 71.6 Å². The lowest BCUT2D eigenvalue weighted by Gasteiger charge is -2.35. The number of nitrogens with one attached hydrogen (secondary N) is 2. The minimum absolute atomic E-state index is 0.0997. The van der Waals surface area contributed by atoms with E-state index in [1.54, 1.807) is 12.1 Å². The zero-order valence-corrected chi connectivity index (χ0v) is 19.4. The average Bonchev–Trinajstić information content (AvgIpc) is 3.31. The van der Waals surface area contributed by atoms with Crippen LogP contribution in [0, 0.1) is 0 Å². The molecule has 2 fully saturated rings. The van der Waals surface area contributed by atoms with Gasteiger partial charge in [0.05, 0.1) is 4.90 Å². The van der Waals surface area contributed by atoms with Crippen molar-refractivity contribution in [2.24, 2.45) is 0 Å². The third-order valence-corrected chi connectivity index (χ3v) is 8.30. The standard InChI is InChI=1S/C25H26N4O4S/c30-24-12-11-23(27-24)25(31)26-20-6-8-21(9-7-20)28-13-15-29(16-14-28)34(32,33)22-10-5-18-3-1-2-4-19(18)17-22/h1-10,17,23H,11-16H2,(H,26,31)(H,27,30). The summed E-state index contributed by atoms with van der Waals surface area (Å²) in [5, 5.41) is 7.41. The fraction of sp³-hybridized carbons (Fsp3) is 0.280. The van der Waals surface area contributed by atoms with Crippen LogP contribution in [0.3, 0.4) is 0 Å². The second-order valence-electron chi connectivity index (χ2n) is 8.59. The van der Waals surface area contributed by atoms with E-state index in [4.69, 9.17) is 0 Å². The van der Waals surface area contributed by atoms with Gasteiger partial charge in [-0.25, -0.2) is 8.42 Å². The summed E-state index contributed by atoms with van der Waals surface area (Å²) >= 11 is 0. The number of fused-ring (bicyclic) bond motifs is 1. The highest BCUT2D eigenvalue weighted by Crippen LogP contribution is 2.25. The first-order valence-corrected chi connectivity index (χ1v) is 12.8. The van der Waals surface area contributed by atoms with Gasteiger partial charge >= 0.3 is 0 Å². The summed E-state index contributed by atoms with van der Waals surface area (Å²) in [6.45, 7) is 1.95. The Bertz CT molecular complexity index is 1330. The molecule has 0 spiro atoms. The monoisotopic (exact) mass is 478 g/mol. The predicted octanol–water partition coefficient (Wildman–Crippen LogP) is 2.57. The first-order chi connectivity index (χ1) is 16.4. The maximum atomic E-state index is 13.2. The third kappa shape index (κ3) is 4.49. The Morgan fingerprint density at radius 1 is 0.912 bits per heavy atom. The zero-order valence-electron chi connectivity index (χ0n) is 18.6. The third-order valence-electron chi connectivity index (χ3n) is 6.41. The lowest BCUT2D eigenvalue weighted by molar-refractivity contribution is -0.122. The Morgan fingerprint density at radius 2 is 1.62 bits per heavy atom. The highest BCUT2D eigenvalue weighted by molar-refractivity contribution is 7.89. The summed E-state index contributed by atoms with van der Waals surface area (Å²) in [7, 11) is -3.56. The summed E-state index contributed by atoms with van der Waals surface area (Å²) in [6.07, 6.45) is 0.884. The van der Waals surface area contributed by atoms with Gasteiger partial charge in [0.2, 0.25) is 21.8 Å². The summed E-state index contributed by atoms with van der Waals surface area (Å²) in [5.74, 6) is -0.316. The summed E-state index contributed by atoms with van der Waals surface area (Å²) in [6, 6.07) is 20.0. The van der Waals surface area contributed by atoms with Gasteiger partial charge in [-0.3, -0.25) is 9.59 Å². The second kappa shape index (κ2) is 9.08. The largest absolute Gasteiger partial charge is 0.369 e. The summed E-state index contributed by atoms with van der Waals surface area (Å²) < 4.78 is 27.9. The van der Waals surface area contributed by atoms with Gasteiger partial charge in [0.1, 0.15) is 6.04 Å². The number of piperazine rings is 1. The quantitative estimate of drug-likeness (QED) is 0.587. The number of carbonyl (C=O) groups is 2.